The Morgan fingerprint density at radius 2 is 1.94 bits per heavy atom. The summed E-state index contributed by atoms with van der Waals surface area (Å²) in [6.07, 6.45) is 1.28. The first-order valence-electron chi connectivity index (χ1n) is 10.6. The summed E-state index contributed by atoms with van der Waals surface area (Å²) in [7, 11) is 0. The number of aromatic nitrogens is 1. The van der Waals surface area contributed by atoms with Crippen LogP contribution in [0.5, 0.6) is 5.75 Å². The monoisotopic (exact) mass is 447 g/mol. The number of anilines is 1. The van der Waals surface area contributed by atoms with Gasteiger partial charge in [-0.3, -0.25) is 4.79 Å². The molecule has 1 aromatic heterocycles. The van der Waals surface area contributed by atoms with Crippen molar-refractivity contribution in [2.24, 2.45) is 5.92 Å². The summed E-state index contributed by atoms with van der Waals surface area (Å²) in [5, 5.41) is 21.6. The zero-order valence-electron chi connectivity index (χ0n) is 18.2. The number of carboxylic acids is 1. The van der Waals surface area contributed by atoms with E-state index in [1.807, 2.05) is 49.6 Å². The fraction of sp³-hybridized carbons (Fsp3) is 0.320. The van der Waals surface area contributed by atoms with E-state index in [0.717, 1.165) is 38.8 Å². The van der Waals surface area contributed by atoms with Crippen molar-refractivity contribution >= 4 is 22.4 Å². The lowest BCUT2D eigenvalue weighted by atomic mass is 9.97. The van der Waals surface area contributed by atoms with Crippen molar-refractivity contribution in [3.05, 3.63) is 64.0 Å². The quantitative estimate of drug-likeness (QED) is 0.560. The third kappa shape index (κ3) is 4.76. The van der Waals surface area contributed by atoms with Gasteiger partial charge in [0.05, 0.1) is 23.2 Å². The molecular weight excluding hydrogens is 422 g/mol. The van der Waals surface area contributed by atoms with Gasteiger partial charge < -0.3 is 14.7 Å². The van der Waals surface area contributed by atoms with Gasteiger partial charge in [-0.25, -0.2) is 4.98 Å². The Morgan fingerprint density at radius 1 is 1.22 bits per heavy atom. The fourth-order valence-electron chi connectivity index (χ4n) is 3.90. The van der Waals surface area contributed by atoms with Gasteiger partial charge in [-0.05, 0) is 50.5 Å². The van der Waals surface area contributed by atoms with Crippen LogP contribution < -0.4 is 9.64 Å². The van der Waals surface area contributed by atoms with Gasteiger partial charge in [-0.15, -0.1) is 11.3 Å². The molecule has 0 atom stereocenters. The molecule has 0 spiro atoms. The molecule has 7 heteroatoms. The molecule has 1 aliphatic rings. The number of piperidine rings is 1. The summed E-state index contributed by atoms with van der Waals surface area (Å²) in [6, 6.07) is 14.0. The van der Waals surface area contributed by atoms with Crippen LogP contribution in [0.3, 0.4) is 0 Å². The molecule has 0 bridgehead atoms. The summed E-state index contributed by atoms with van der Waals surface area (Å²) < 4.78 is 6.14. The number of carboxylic acid groups (broad SMARTS) is 1. The van der Waals surface area contributed by atoms with Crippen molar-refractivity contribution in [3.8, 4) is 23.1 Å². The fourth-order valence-corrected chi connectivity index (χ4v) is 4.78. The molecule has 1 saturated heterocycles. The first-order chi connectivity index (χ1) is 15.4. The smallest absolute Gasteiger partial charge is 0.306 e. The highest BCUT2D eigenvalue weighted by atomic mass is 32.1. The molecule has 3 aromatic rings. The molecule has 1 N–H and O–H groups in total. The Labute approximate surface area is 191 Å². The highest BCUT2D eigenvalue weighted by Gasteiger charge is 2.26. The van der Waals surface area contributed by atoms with Gasteiger partial charge in [0.2, 0.25) is 0 Å². The summed E-state index contributed by atoms with van der Waals surface area (Å²) in [5.74, 6) is -0.247. The number of aliphatic carboxylic acids is 1. The molecule has 32 heavy (non-hydrogen) atoms. The van der Waals surface area contributed by atoms with E-state index in [9.17, 15) is 15.2 Å². The number of nitrogens with zero attached hydrogens (tertiary/aromatic N) is 3. The number of carbonyl (C=O) groups is 1. The van der Waals surface area contributed by atoms with Crippen LogP contribution in [0.4, 0.5) is 5.13 Å². The summed E-state index contributed by atoms with van der Waals surface area (Å²) in [5.41, 5.74) is 5.39. The number of rotatable bonds is 6. The number of thiazole rings is 1. The number of hydrogen-bond acceptors (Lipinski definition) is 6. The predicted octanol–water partition coefficient (Wildman–Crippen LogP) is 5.18. The van der Waals surface area contributed by atoms with Crippen molar-refractivity contribution < 1.29 is 14.6 Å². The SMILES string of the molecule is Cc1ccc(COc2ccc(C)cc2-c2csc(N3CCC(C(=O)O)CC3)n2)c(C#N)c1. The van der Waals surface area contributed by atoms with Crippen molar-refractivity contribution in [1.29, 1.82) is 5.26 Å². The molecule has 6 nitrogen and oxygen atoms in total. The van der Waals surface area contributed by atoms with E-state index in [4.69, 9.17) is 9.72 Å². The summed E-state index contributed by atoms with van der Waals surface area (Å²) >= 11 is 1.57. The predicted molar refractivity (Wildman–Crippen MR) is 125 cm³/mol. The molecule has 0 amide bonds. The number of nitriles is 1. The minimum Gasteiger partial charge on any atom is -0.488 e. The molecule has 2 aromatic carbocycles. The third-order valence-corrected chi connectivity index (χ3v) is 6.69. The van der Waals surface area contributed by atoms with Crippen LogP contribution in [-0.4, -0.2) is 29.1 Å². The van der Waals surface area contributed by atoms with Crippen LogP contribution in [-0.2, 0) is 11.4 Å². The molecule has 0 radical (unpaired) electrons. The van der Waals surface area contributed by atoms with Crippen LogP contribution in [0, 0.1) is 31.1 Å². The largest absolute Gasteiger partial charge is 0.488 e. The molecule has 4 rings (SSSR count). The van der Waals surface area contributed by atoms with Crippen molar-refractivity contribution in [1.82, 2.24) is 4.98 Å². The van der Waals surface area contributed by atoms with Gasteiger partial charge >= 0.3 is 5.97 Å². The van der Waals surface area contributed by atoms with E-state index in [-0.39, 0.29) is 5.92 Å². The van der Waals surface area contributed by atoms with E-state index in [0.29, 0.717) is 38.1 Å². The van der Waals surface area contributed by atoms with Gasteiger partial charge in [0.15, 0.2) is 5.13 Å². The zero-order valence-corrected chi connectivity index (χ0v) is 19.0. The minimum absolute atomic E-state index is 0.262. The lowest BCUT2D eigenvalue weighted by Gasteiger charge is -2.29. The number of benzene rings is 2. The maximum absolute atomic E-state index is 11.2. The lowest BCUT2D eigenvalue weighted by Crippen LogP contribution is -2.36. The van der Waals surface area contributed by atoms with Gasteiger partial charge in [-0.1, -0.05) is 23.8 Å². The Kier molecular flexibility index (Phi) is 6.42. The molecule has 164 valence electrons. The first kappa shape index (κ1) is 21.8. The van der Waals surface area contributed by atoms with Gasteiger partial charge in [0.25, 0.3) is 0 Å². The number of aryl methyl sites for hydroxylation is 2. The topological polar surface area (TPSA) is 86.4 Å². The average Bonchev–Trinajstić information content (AvgIpc) is 3.29. The summed E-state index contributed by atoms with van der Waals surface area (Å²) in [6.45, 7) is 5.70. The van der Waals surface area contributed by atoms with E-state index in [2.05, 4.69) is 17.0 Å². The summed E-state index contributed by atoms with van der Waals surface area (Å²) in [4.78, 5) is 18.2. The van der Waals surface area contributed by atoms with Crippen molar-refractivity contribution in [3.63, 3.8) is 0 Å². The normalized spacial score (nSPS) is 14.2. The second-order valence-electron chi connectivity index (χ2n) is 8.18. The molecular formula is C25H25N3O3S. The second kappa shape index (κ2) is 9.41. The Bertz CT molecular complexity index is 1170. The third-order valence-electron chi connectivity index (χ3n) is 5.79. The van der Waals surface area contributed by atoms with Crippen LogP contribution in [0.15, 0.2) is 41.8 Å². The molecule has 0 unspecified atom stereocenters. The van der Waals surface area contributed by atoms with E-state index >= 15 is 0 Å². The van der Waals surface area contributed by atoms with Crippen LogP contribution in [0.25, 0.3) is 11.3 Å². The standard InChI is InChI=1S/C25H25N3O3S/c1-16-3-5-19(20(11-16)13-26)14-31-23-6-4-17(2)12-21(23)22-15-32-25(27-22)28-9-7-18(8-10-28)24(29)30/h3-6,11-12,15,18H,7-10,14H2,1-2H3,(H,29,30). The highest BCUT2D eigenvalue weighted by Crippen LogP contribution is 2.36. The molecule has 1 fully saturated rings. The minimum atomic E-state index is -0.709. The number of hydrogen-bond donors (Lipinski definition) is 1. The van der Waals surface area contributed by atoms with Gasteiger partial charge in [0, 0.05) is 29.6 Å². The number of ether oxygens (including phenoxy) is 1. The van der Waals surface area contributed by atoms with E-state index in [1.54, 1.807) is 11.3 Å². The molecule has 2 heterocycles. The Morgan fingerprint density at radius 3 is 2.66 bits per heavy atom. The van der Waals surface area contributed by atoms with Gasteiger partial charge in [0.1, 0.15) is 12.4 Å². The van der Waals surface area contributed by atoms with Crippen LogP contribution in [0.1, 0.15) is 35.1 Å². The van der Waals surface area contributed by atoms with Crippen molar-refractivity contribution in [2.45, 2.75) is 33.3 Å². The zero-order chi connectivity index (χ0) is 22.7. The highest BCUT2D eigenvalue weighted by molar-refractivity contribution is 7.14. The van der Waals surface area contributed by atoms with Crippen LogP contribution >= 0.6 is 11.3 Å². The second-order valence-corrected chi connectivity index (χ2v) is 9.01. The van der Waals surface area contributed by atoms with Crippen LogP contribution in [0.2, 0.25) is 0 Å². The molecule has 0 aliphatic carbocycles. The van der Waals surface area contributed by atoms with E-state index in [1.165, 1.54) is 0 Å². The maximum atomic E-state index is 11.2. The first-order valence-corrected chi connectivity index (χ1v) is 11.5. The Balaban J connectivity index is 1.53. The molecule has 1 aliphatic heterocycles. The average molecular weight is 448 g/mol. The maximum Gasteiger partial charge on any atom is 0.306 e. The van der Waals surface area contributed by atoms with Crippen molar-refractivity contribution in [2.75, 3.05) is 18.0 Å². The lowest BCUT2D eigenvalue weighted by molar-refractivity contribution is -0.142. The Hall–Kier alpha value is -3.37. The van der Waals surface area contributed by atoms with Gasteiger partial charge in [-0.2, -0.15) is 5.26 Å². The van der Waals surface area contributed by atoms with E-state index < -0.39 is 5.97 Å². The molecule has 0 saturated carbocycles.